The lowest BCUT2D eigenvalue weighted by Gasteiger charge is -2.14. The van der Waals surface area contributed by atoms with E-state index < -0.39 is 11.9 Å². The first kappa shape index (κ1) is 12.1. The summed E-state index contributed by atoms with van der Waals surface area (Å²) >= 11 is 0. The van der Waals surface area contributed by atoms with E-state index in [9.17, 15) is 4.79 Å². The molecule has 0 aliphatic carbocycles. The first-order valence-electron chi connectivity index (χ1n) is 5.72. The van der Waals surface area contributed by atoms with Crippen LogP contribution < -0.4 is 0 Å². The SMILES string of the molecule is CO[C@H]1CN(Cc2ccccc2)C[C@@H]1C(=O)O. The maximum atomic E-state index is 11.1. The molecule has 0 amide bonds. The Bertz CT molecular complexity index is 380. The fourth-order valence-corrected chi connectivity index (χ4v) is 2.30. The van der Waals surface area contributed by atoms with Crippen LogP contribution in [0, 0.1) is 5.92 Å². The van der Waals surface area contributed by atoms with Gasteiger partial charge in [-0.2, -0.15) is 0 Å². The highest BCUT2D eigenvalue weighted by Gasteiger charge is 2.37. The van der Waals surface area contributed by atoms with E-state index in [-0.39, 0.29) is 6.10 Å². The summed E-state index contributed by atoms with van der Waals surface area (Å²) in [5.74, 6) is -1.18. The van der Waals surface area contributed by atoms with Gasteiger partial charge in [-0.15, -0.1) is 0 Å². The van der Waals surface area contributed by atoms with Crippen molar-refractivity contribution < 1.29 is 14.6 Å². The van der Waals surface area contributed by atoms with E-state index in [1.165, 1.54) is 5.56 Å². The predicted octanol–water partition coefficient (Wildman–Crippen LogP) is 1.22. The molecule has 1 aromatic carbocycles. The molecule has 1 fully saturated rings. The van der Waals surface area contributed by atoms with Gasteiger partial charge in [0.05, 0.1) is 12.0 Å². The number of likely N-dealkylation sites (tertiary alicyclic amines) is 1. The fraction of sp³-hybridized carbons (Fsp3) is 0.462. The van der Waals surface area contributed by atoms with Crippen molar-refractivity contribution in [1.82, 2.24) is 4.90 Å². The first-order chi connectivity index (χ1) is 8.20. The maximum Gasteiger partial charge on any atom is 0.310 e. The number of hydrogen-bond donors (Lipinski definition) is 1. The topological polar surface area (TPSA) is 49.8 Å². The number of hydrogen-bond acceptors (Lipinski definition) is 3. The molecule has 0 bridgehead atoms. The monoisotopic (exact) mass is 235 g/mol. The van der Waals surface area contributed by atoms with Gasteiger partial charge >= 0.3 is 5.97 Å². The van der Waals surface area contributed by atoms with E-state index in [0.717, 1.165) is 6.54 Å². The summed E-state index contributed by atoms with van der Waals surface area (Å²) < 4.78 is 5.23. The number of methoxy groups -OCH3 is 1. The molecule has 0 saturated carbocycles. The van der Waals surface area contributed by atoms with Crippen LogP contribution >= 0.6 is 0 Å². The number of carboxylic acid groups (broad SMARTS) is 1. The van der Waals surface area contributed by atoms with Crippen LogP contribution in [-0.4, -0.2) is 42.3 Å². The molecule has 92 valence electrons. The highest BCUT2D eigenvalue weighted by Crippen LogP contribution is 2.21. The molecule has 17 heavy (non-hydrogen) atoms. The smallest absolute Gasteiger partial charge is 0.310 e. The quantitative estimate of drug-likeness (QED) is 0.852. The second-order valence-electron chi connectivity index (χ2n) is 4.40. The molecule has 1 saturated heterocycles. The number of ether oxygens (including phenoxy) is 1. The van der Waals surface area contributed by atoms with E-state index in [0.29, 0.717) is 13.1 Å². The Morgan fingerprint density at radius 1 is 1.41 bits per heavy atom. The minimum absolute atomic E-state index is 0.198. The number of carboxylic acids is 1. The van der Waals surface area contributed by atoms with E-state index in [4.69, 9.17) is 9.84 Å². The summed E-state index contributed by atoms with van der Waals surface area (Å²) in [6.45, 7) is 2.02. The number of aliphatic carboxylic acids is 1. The van der Waals surface area contributed by atoms with Gasteiger partial charge in [0.1, 0.15) is 0 Å². The number of nitrogens with zero attached hydrogens (tertiary/aromatic N) is 1. The molecule has 4 heteroatoms. The van der Waals surface area contributed by atoms with Crippen LogP contribution in [-0.2, 0) is 16.1 Å². The predicted molar refractivity (Wildman–Crippen MR) is 63.6 cm³/mol. The minimum Gasteiger partial charge on any atom is -0.481 e. The van der Waals surface area contributed by atoms with Crippen LogP contribution in [0.4, 0.5) is 0 Å². The van der Waals surface area contributed by atoms with Crippen molar-refractivity contribution in [2.24, 2.45) is 5.92 Å². The first-order valence-corrected chi connectivity index (χ1v) is 5.72. The fourth-order valence-electron chi connectivity index (χ4n) is 2.30. The molecule has 0 spiro atoms. The van der Waals surface area contributed by atoms with Gasteiger partial charge in [0.15, 0.2) is 0 Å². The molecular weight excluding hydrogens is 218 g/mol. The summed E-state index contributed by atoms with van der Waals surface area (Å²) in [5, 5.41) is 9.09. The van der Waals surface area contributed by atoms with E-state index in [1.54, 1.807) is 7.11 Å². The number of benzene rings is 1. The molecule has 0 radical (unpaired) electrons. The summed E-state index contributed by atoms with van der Waals surface area (Å²) in [4.78, 5) is 13.2. The van der Waals surface area contributed by atoms with Gasteiger partial charge in [0.2, 0.25) is 0 Å². The van der Waals surface area contributed by atoms with Crippen LogP contribution in [0.3, 0.4) is 0 Å². The summed E-state index contributed by atoms with van der Waals surface area (Å²) in [6.07, 6.45) is -0.198. The third-order valence-electron chi connectivity index (χ3n) is 3.21. The number of rotatable bonds is 4. The number of carbonyl (C=O) groups is 1. The zero-order valence-corrected chi connectivity index (χ0v) is 9.87. The lowest BCUT2D eigenvalue weighted by Crippen LogP contribution is -2.27. The molecule has 1 aliphatic rings. The Kier molecular flexibility index (Phi) is 3.76. The molecule has 0 aromatic heterocycles. The highest BCUT2D eigenvalue weighted by molar-refractivity contribution is 5.71. The molecule has 2 atom stereocenters. The van der Waals surface area contributed by atoms with Gasteiger partial charge in [0.25, 0.3) is 0 Å². The molecule has 2 rings (SSSR count). The maximum absolute atomic E-state index is 11.1. The van der Waals surface area contributed by atoms with Crippen molar-refractivity contribution in [2.75, 3.05) is 20.2 Å². The van der Waals surface area contributed by atoms with Crippen LogP contribution in [0.5, 0.6) is 0 Å². The lowest BCUT2D eigenvalue weighted by atomic mass is 10.1. The molecule has 0 unspecified atom stereocenters. The van der Waals surface area contributed by atoms with Gasteiger partial charge in [-0.1, -0.05) is 30.3 Å². The van der Waals surface area contributed by atoms with E-state index in [2.05, 4.69) is 17.0 Å². The van der Waals surface area contributed by atoms with Crippen molar-refractivity contribution in [3.05, 3.63) is 35.9 Å². The molecule has 1 N–H and O–H groups in total. The zero-order valence-electron chi connectivity index (χ0n) is 9.87. The Labute approximate surface area is 101 Å². The standard InChI is InChI=1S/C13H17NO3/c1-17-12-9-14(8-11(12)13(15)16)7-10-5-3-2-4-6-10/h2-6,11-12H,7-9H2,1H3,(H,15,16)/t11-,12-/m0/s1. The Hall–Kier alpha value is -1.39. The second-order valence-corrected chi connectivity index (χ2v) is 4.40. The highest BCUT2D eigenvalue weighted by atomic mass is 16.5. The van der Waals surface area contributed by atoms with Crippen LogP contribution in [0.2, 0.25) is 0 Å². The van der Waals surface area contributed by atoms with Crippen molar-refractivity contribution in [3.8, 4) is 0 Å². The van der Waals surface area contributed by atoms with Crippen LogP contribution in [0.1, 0.15) is 5.56 Å². The van der Waals surface area contributed by atoms with Crippen LogP contribution in [0.15, 0.2) is 30.3 Å². The van der Waals surface area contributed by atoms with Gasteiger partial charge in [0, 0.05) is 26.7 Å². The van der Waals surface area contributed by atoms with Crippen LogP contribution in [0.25, 0.3) is 0 Å². The second kappa shape index (κ2) is 5.29. The van der Waals surface area contributed by atoms with E-state index >= 15 is 0 Å². The Morgan fingerprint density at radius 3 is 2.65 bits per heavy atom. The van der Waals surface area contributed by atoms with Gasteiger partial charge in [-0.05, 0) is 5.56 Å². The van der Waals surface area contributed by atoms with Crippen molar-refractivity contribution in [3.63, 3.8) is 0 Å². The Balaban J connectivity index is 1.99. The summed E-state index contributed by atoms with van der Waals surface area (Å²) in [5.41, 5.74) is 1.20. The molecule has 1 aliphatic heterocycles. The largest absolute Gasteiger partial charge is 0.481 e. The lowest BCUT2D eigenvalue weighted by molar-refractivity contribution is -0.144. The van der Waals surface area contributed by atoms with Gasteiger partial charge < -0.3 is 9.84 Å². The molecule has 4 nitrogen and oxygen atoms in total. The van der Waals surface area contributed by atoms with Gasteiger partial charge in [-0.3, -0.25) is 9.69 Å². The van der Waals surface area contributed by atoms with Crippen molar-refractivity contribution >= 4 is 5.97 Å². The third-order valence-corrected chi connectivity index (χ3v) is 3.21. The molecule has 1 heterocycles. The minimum atomic E-state index is -0.771. The zero-order chi connectivity index (χ0) is 12.3. The average molecular weight is 235 g/mol. The normalized spacial score (nSPS) is 25.0. The van der Waals surface area contributed by atoms with Gasteiger partial charge in [-0.25, -0.2) is 0 Å². The van der Waals surface area contributed by atoms with Crippen molar-refractivity contribution in [2.45, 2.75) is 12.6 Å². The van der Waals surface area contributed by atoms with E-state index in [1.807, 2.05) is 18.2 Å². The third kappa shape index (κ3) is 2.84. The molecular formula is C13H17NO3. The molecule has 1 aromatic rings. The Morgan fingerprint density at radius 2 is 2.12 bits per heavy atom. The summed E-state index contributed by atoms with van der Waals surface area (Å²) in [7, 11) is 1.58. The summed E-state index contributed by atoms with van der Waals surface area (Å²) in [6, 6.07) is 10.1. The van der Waals surface area contributed by atoms with Crippen molar-refractivity contribution in [1.29, 1.82) is 0 Å². The average Bonchev–Trinajstić information content (AvgIpc) is 2.73.